The standard InChI is InChI=1S/C2H4F3O4P.2Na/c3-2(4,5)1-9-10(6,7)8;;/h1H2,(H2,6,7,8);;/q;2*+1/p-2. The molecule has 0 spiro atoms. The van der Waals surface area contributed by atoms with E-state index in [4.69, 9.17) is 0 Å². The van der Waals surface area contributed by atoms with E-state index in [-0.39, 0.29) is 59.1 Å². The zero-order valence-electron chi connectivity index (χ0n) is 6.42. The molecule has 4 nitrogen and oxygen atoms in total. The van der Waals surface area contributed by atoms with Crippen LogP contribution in [0.2, 0.25) is 0 Å². The van der Waals surface area contributed by atoms with E-state index in [1.807, 2.05) is 0 Å². The van der Waals surface area contributed by atoms with E-state index in [0.29, 0.717) is 0 Å². The van der Waals surface area contributed by atoms with Crippen LogP contribution >= 0.6 is 7.82 Å². The summed E-state index contributed by atoms with van der Waals surface area (Å²) >= 11 is 0. The third-order valence-corrected chi connectivity index (χ3v) is 0.832. The van der Waals surface area contributed by atoms with Crippen LogP contribution in [0, 0.1) is 0 Å². The SMILES string of the molecule is O=P([O-])([O-])OCC(F)(F)F.[Na+].[Na+]. The molecule has 0 aliphatic carbocycles. The monoisotopic (exact) mass is 224 g/mol. The van der Waals surface area contributed by atoms with E-state index in [0.717, 1.165) is 0 Å². The second kappa shape index (κ2) is 7.23. The Labute approximate surface area is 111 Å². The van der Waals surface area contributed by atoms with Crippen molar-refractivity contribution in [1.82, 2.24) is 0 Å². The quantitative estimate of drug-likeness (QED) is 0.345. The number of hydrogen-bond acceptors (Lipinski definition) is 4. The Kier molecular flexibility index (Phi) is 11.7. The van der Waals surface area contributed by atoms with Gasteiger partial charge in [-0.05, 0) is 0 Å². The van der Waals surface area contributed by atoms with Crippen LogP contribution in [-0.4, -0.2) is 12.8 Å². The van der Waals surface area contributed by atoms with Crippen LogP contribution in [0.5, 0.6) is 0 Å². The van der Waals surface area contributed by atoms with Crippen molar-refractivity contribution in [3.63, 3.8) is 0 Å². The van der Waals surface area contributed by atoms with Crippen LogP contribution in [0.3, 0.4) is 0 Å². The first kappa shape index (κ1) is 19.5. The van der Waals surface area contributed by atoms with Gasteiger partial charge in [0.15, 0.2) is 0 Å². The Balaban J connectivity index is -0.000000405. The van der Waals surface area contributed by atoms with E-state index in [2.05, 4.69) is 4.52 Å². The third-order valence-electron chi connectivity index (χ3n) is 0.386. The van der Waals surface area contributed by atoms with Crippen molar-refractivity contribution in [2.24, 2.45) is 0 Å². The van der Waals surface area contributed by atoms with Gasteiger partial charge in [-0.1, -0.05) is 0 Å². The summed E-state index contributed by atoms with van der Waals surface area (Å²) in [5.41, 5.74) is 0. The zero-order valence-corrected chi connectivity index (χ0v) is 11.3. The van der Waals surface area contributed by atoms with Gasteiger partial charge in [0.1, 0.15) is 6.61 Å². The summed E-state index contributed by atoms with van der Waals surface area (Å²) < 4.78 is 45.5. The number of phosphoric acid groups is 1. The molecule has 0 atom stereocenters. The predicted octanol–water partition coefficient (Wildman–Crippen LogP) is -6.60. The minimum absolute atomic E-state index is 0. The van der Waals surface area contributed by atoms with Crippen LogP contribution in [0.1, 0.15) is 0 Å². The Morgan fingerprint density at radius 2 is 1.58 bits per heavy atom. The van der Waals surface area contributed by atoms with Crippen LogP contribution < -0.4 is 68.9 Å². The molecule has 0 aromatic heterocycles. The number of hydrogen-bond donors (Lipinski definition) is 0. The molecule has 62 valence electrons. The Morgan fingerprint density at radius 3 is 1.67 bits per heavy atom. The smallest absolute Gasteiger partial charge is 0.790 e. The minimum atomic E-state index is -5.48. The van der Waals surface area contributed by atoms with Crippen LogP contribution in [0.15, 0.2) is 0 Å². The molecule has 0 amide bonds. The molecule has 0 aliphatic heterocycles. The van der Waals surface area contributed by atoms with Gasteiger partial charge >= 0.3 is 65.3 Å². The van der Waals surface area contributed by atoms with Crippen molar-refractivity contribution in [1.29, 1.82) is 0 Å². The second-order valence-electron chi connectivity index (χ2n) is 1.34. The normalized spacial score (nSPS) is 11.4. The van der Waals surface area contributed by atoms with Gasteiger partial charge in [0.25, 0.3) is 0 Å². The fraction of sp³-hybridized carbons (Fsp3) is 1.00. The van der Waals surface area contributed by atoms with Crippen LogP contribution in [0.4, 0.5) is 13.2 Å². The van der Waals surface area contributed by atoms with Gasteiger partial charge in [-0.25, -0.2) is 0 Å². The first-order valence-electron chi connectivity index (χ1n) is 1.94. The fourth-order valence-electron chi connectivity index (χ4n) is 0.152. The molecule has 0 aliphatic rings. The van der Waals surface area contributed by atoms with Crippen molar-refractivity contribution in [3.05, 3.63) is 0 Å². The summed E-state index contributed by atoms with van der Waals surface area (Å²) in [4.78, 5) is 18.9. The molecule has 0 unspecified atom stereocenters. The van der Waals surface area contributed by atoms with Crippen LogP contribution in [0.25, 0.3) is 0 Å². The molecule has 0 bridgehead atoms. The molecule has 0 heterocycles. The average Bonchev–Trinajstić information content (AvgIpc) is 1.57. The molecular weight excluding hydrogens is 222 g/mol. The van der Waals surface area contributed by atoms with Crippen LogP contribution in [-0.2, 0) is 9.09 Å². The molecule has 0 aromatic carbocycles. The molecule has 0 fully saturated rings. The van der Waals surface area contributed by atoms with Gasteiger partial charge < -0.3 is 18.9 Å². The summed E-state index contributed by atoms with van der Waals surface area (Å²) in [5, 5.41) is 0. The second-order valence-corrected chi connectivity index (χ2v) is 2.49. The predicted molar refractivity (Wildman–Crippen MR) is 19.6 cm³/mol. The molecule has 0 rings (SSSR count). The molecule has 0 saturated carbocycles. The largest absolute Gasteiger partial charge is 1.00 e. The Bertz CT molecular complexity index is 155. The molecule has 12 heavy (non-hydrogen) atoms. The van der Waals surface area contributed by atoms with Crippen molar-refractivity contribution in [3.8, 4) is 0 Å². The van der Waals surface area contributed by atoms with E-state index >= 15 is 0 Å². The first-order chi connectivity index (χ1) is 4.21. The Morgan fingerprint density at radius 1 is 1.25 bits per heavy atom. The molecular formula is C2H2F3Na2O4P. The molecule has 0 N–H and O–H groups in total. The minimum Gasteiger partial charge on any atom is -0.790 e. The maximum atomic E-state index is 11.1. The van der Waals surface area contributed by atoms with E-state index in [1.54, 1.807) is 0 Å². The summed E-state index contributed by atoms with van der Waals surface area (Å²) in [6, 6.07) is 0. The summed E-state index contributed by atoms with van der Waals surface area (Å²) in [6.45, 7) is -2.06. The van der Waals surface area contributed by atoms with Gasteiger partial charge in [0.05, 0.1) is 7.82 Å². The summed E-state index contributed by atoms with van der Waals surface area (Å²) in [5.74, 6) is 0. The van der Waals surface area contributed by atoms with Gasteiger partial charge in [-0.15, -0.1) is 0 Å². The van der Waals surface area contributed by atoms with Crippen molar-refractivity contribution in [2.45, 2.75) is 6.18 Å². The average molecular weight is 224 g/mol. The molecule has 0 saturated heterocycles. The number of alkyl halides is 3. The fourth-order valence-corrected chi connectivity index (χ4v) is 0.457. The topological polar surface area (TPSA) is 72.4 Å². The third kappa shape index (κ3) is 17.8. The van der Waals surface area contributed by atoms with Gasteiger partial charge in [0.2, 0.25) is 0 Å². The summed E-state index contributed by atoms with van der Waals surface area (Å²) in [7, 11) is -5.48. The summed E-state index contributed by atoms with van der Waals surface area (Å²) in [6.07, 6.45) is -4.79. The van der Waals surface area contributed by atoms with E-state index in [9.17, 15) is 27.5 Å². The van der Waals surface area contributed by atoms with Crippen molar-refractivity contribution < 1.29 is 91.2 Å². The van der Waals surface area contributed by atoms with E-state index in [1.165, 1.54) is 0 Å². The van der Waals surface area contributed by atoms with Gasteiger partial charge in [-0.2, -0.15) is 13.2 Å². The van der Waals surface area contributed by atoms with Crippen molar-refractivity contribution >= 4 is 7.82 Å². The Hall–Kier alpha value is 1.90. The number of phosphoric ester groups is 1. The zero-order chi connectivity index (χ0) is 8.41. The molecule has 10 heteroatoms. The maximum absolute atomic E-state index is 11.1. The van der Waals surface area contributed by atoms with Crippen molar-refractivity contribution in [2.75, 3.05) is 6.61 Å². The van der Waals surface area contributed by atoms with E-state index < -0.39 is 20.6 Å². The number of rotatable bonds is 2. The van der Waals surface area contributed by atoms with Gasteiger partial charge in [-0.3, -0.25) is 0 Å². The molecule has 0 radical (unpaired) electrons. The molecule has 0 aromatic rings. The van der Waals surface area contributed by atoms with Gasteiger partial charge in [0, 0.05) is 0 Å². The number of halogens is 3. The maximum Gasteiger partial charge on any atom is 1.00 e. The first-order valence-corrected chi connectivity index (χ1v) is 3.40.